The molecule has 0 aliphatic heterocycles. The highest BCUT2D eigenvalue weighted by atomic mass is 16.5. The molecule has 0 aliphatic rings. The number of nitrogens with two attached hydrogens (primary N) is 1. The van der Waals surface area contributed by atoms with E-state index in [0.717, 1.165) is 22.6 Å². The highest BCUT2D eigenvalue weighted by Gasteiger charge is 2.04. The van der Waals surface area contributed by atoms with Gasteiger partial charge in [0.05, 0.1) is 7.11 Å². The van der Waals surface area contributed by atoms with Crippen molar-refractivity contribution in [1.29, 1.82) is 0 Å². The maximum absolute atomic E-state index is 5.82. The number of ether oxygens (including phenoxy) is 1. The molecule has 5 nitrogen and oxygen atoms in total. The number of aromatic nitrogens is 2. The summed E-state index contributed by atoms with van der Waals surface area (Å²) in [5.41, 5.74) is 8.77. The zero-order chi connectivity index (χ0) is 13.8. The molecule has 0 radical (unpaired) electrons. The molecule has 5 heteroatoms. The van der Waals surface area contributed by atoms with Crippen molar-refractivity contribution < 1.29 is 4.74 Å². The fraction of sp³-hybridized carbons (Fsp3) is 0.286. The number of nitrogen functional groups attached to an aromatic ring is 1. The Labute approximate surface area is 112 Å². The van der Waals surface area contributed by atoms with E-state index in [1.807, 2.05) is 38.1 Å². The molecule has 100 valence electrons. The Balaban J connectivity index is 2.05. The van der Waals surface area contributed by atoms with Crippen molar-refractivity contribution in [3.8, 4) is 5.75 Å². The standard InChI is InChI=1S/C14H18N4O/c1-9-10(2)17-14(18-13(9)15)16-8-11-4-6-12(19-3)7-5-11/h4-7H,8H2,1-3H3,(H3,15,16,17,18). The first-order valence-corrected chi connectivity index (χ1v) is 6.07. The molecule has 0 atom stereocenters. The average molecular weight is 258 g/mol. The van der Waals surface area contributed by atoms with Crippen LogP contribution in [0.1, 0.15) is 16.8 Å². The van der Waals surface area contributed by atoms with Crippen LogP contribution in [0.25, 0.3) is 0 Å². The van der Waals surface area contributed by atoms with Gasteiger partial charge >= 0.3 is 0 Å². The Morgan fingerprint density at radius 1 is 1.16 bits per heavy atom. The molecule has 0 aliphatic carbocycles. The monoisotopic (exact) mass is 258 g/mol. The molecule has 0 saturated carbocycles. The summed E-state index contributed by atoms with van der Waals surface area (Å²) >= 11 is 0. The molecule has 0 saturated heterocycles. The lowest BCUT2D eigenvalue weighted by Crippen LogP contribution is -2.08. The molecule has 0 amide bonds. The van der Waals surface area contributed by atoms with Gasteiger partial charge in [0, 0.05) is 17.8 Å². The molecular weight excluding hydrogens is 240 g/mol. The summed E-state index contributed by atoms with van der Waals surface area (Å²) in [4.78, 5) is 8.57. The third-order valence-corrected chi connectivity index (χ3v) is 3.04. The molecule has 2 rings (SSSR count). The van der Waals surface area contributed by atoms with Crippen molar-refractivity contribution in [1.82, 2.24) is 9.97 Å². The first kappa shape index (κ1) is 13.1. The van der Waals surface area contributed by atoms with E-state index in [1.54, 1.807) is 7.11 Å². The lowest BCUT2D eigenvalue weighted by atomic mass is 10.2. The van der Waals surface area contributed by atoms with Gasteiger partial charge in [-0.2, -0.15) is 4.98 Å². The zero-order valence-corrected chi connectivity index (χ0v) is 11.4. The molecular formula is C14H18N4O. The third kappa shape index (κ3) is 3.13. The fourth-order valence-electron chi connectivity index (χ4n) is 1.65. The number of rotatable bonds is 4. The second kappa shape index (κ2) is 5.56. The SMILES string of the molecule is COc1ccc(CNc2nc(C)c(C)c(N)n2)cc1. The van der Waals surface area contributed by atoms with Crippen molar-refractivity contribution in [2.45, 2.75) is 20.4 Å². The van der Waals surface area contributed by atoms with Crippen LogP contribution in [0, 0.1) is 13.8 Å². The summed E-state index contributed by atoms with van der Waals surface area (Å²) in [5, 5.41) is 3.16. The van der Waals surface area contributed by atoms with E-state index in [1.165, 1.54) is 0 Å². The lowest BCUT2D eigenvalue weighted by Gasteiger charge is -2.09. The van der Waals surface area contributed by atoms with E-state index in [-0.39, 0.29) is 0 Å². The minimum Gasteiger partial charge on any atom is -0.497 e. The van der Waals surface area contributed by atoms with Gasteiger partial charge in [-0.3, -0.25) is 0 Å². The second-order valence-electron chi connectivity index (χ2n) is 4.34. The van der Waals surface area contributed by atoms with Crippen LogP contribution in [0.3, 0.4) is 0 Å². The summed E-state index contributed by atoms with van der Waals surface area (Å²) in [6.07, 6.45) is 0. The minimum atomic E-state index is 0.518. The number of anilines is 2. The molecule has 3 N–H and O–H groups in total. The number of hydrogen-bond donors (Lipinski definition) is 2. The van der Waals surface area contributed by atoms with Gasteiger partial charge in [0.1, 0.15) is 11.6 Å². The summed E-state index contributed by atoms with van der Waals surface area (Å²) in [6.45, 7) is 4.48. The van der Waals surface area contributed by atoms with Crippen LogP contribution < -0.4 is 15.8 Å². The molecule has 0 bridgehead atoms. The average Bonchev–Trinajstić information content (AvgIpc) is 2.43. The Bertz CT molecular complexity index is 543. The van der Waals surface area contributed by atoms with E-state index in [0.29, 0.717) is 18.3 Å². The number of nitrogens with zero attached hydrogens (tertiary/aromatic N) is 2. The smallest absolute Gasteiger partial charge is 0.225 e. The van der Waals surface area contributed by atoms with E-state index < -0.39 is 0 Å². The molecule has 0 fully saturated rings. The van der Waals surface area contributed by atoms with Gasteiger partial charge in [0.15, 0.2) is 0 Å². The van der Waals surface area contributed by atoms with Crippen molar-refractivity contribution in [2.75, 3.05) is 18.2 Å². The Morgan fingerprint density at radius 2 is 1.84 bits per heavy atom. The minimum absolute atomic E-state index is 0.518. The highest BCUT2D eigenvalue weighted by molar-refractivity contribution is 5.46. The molecule has 0 spiro atoms. The third-order valence-electron chi connectivity index (χ3n) is 3.04. The Hall–Kier alpha value is -2.30. The second-order valence-corrected chi connectivity index (χ2v) is 4.34. The first-order chi connectivity index (χ1) is 9.10. The molecule has 2 aromatic rings. The van der Waals surface area contributed by atoms with Crippen molar-refractivity contribution in [3.63, 3.8) is 0 Å². The van der Waals surface area contributed by atoms with Gasteiger partial charge in [-0.15, -0.1) is 0 Å². The van der Waals surface area contributed by atoms with Crippen LogP contribution in [0.15, 0.2) is 24.3 Å². The molecule has 19 heavy (non-hydrogen) atoms. The lowest BCUT2D eigenvalue weighted by molar-refractivity contribution is 0.414. The fourth-order valence-corrected chi connectivity index (χ4v) is 1.65. The van der Waals surface area contributed by atoms with Crippen molar-refractivity contribution in [2.24, 2.45) is 0 Å². The van der Waals surface area contributed by atoms with Gasteiger partial charge in [0.25, 0.3) is 0 Å². The van der Waals surface area contributed by atoms with Crippen LogP contribution in [-0.2, 0) is 6.54 Å². The van der Waals surface area contributed by atoms with Crippen LogP contribution in [0.5, 0.6) is 5.75 Å². The highest BCUT2D eigenvalue weighted by Crippen LogP contribution is 2.15. The van der Waals surface area contributed by atoms with E-state index >= 15 is 0 Å². The maximum Gasteiger partial charge on any atom is 0.225 e. The normalized spacial score (nSPS) is 10.3. The number of aryl methyl sites for hydroxylation is 1. The van der Waals surface area contributed by atoms with Crippen LogP contribution in [0.2, 0.25) is 0 Å². The van der Waals surface area contributed by atoms with Gasteiger partial charge in [-0.25, -0.2) is 4.98 Å². The number of nitrogens with one attached hydrogen (secondary N) is 1. The largest absolute Gasteiger partial charge is 0.497 e. The van der Waals surface area contributed by atoms with Crippen LogP contribution >= 0.6 is 0 Å². The van der Waals surface area contributed by atoms with Crippen molar-refractivity contribution >= 4 is 11.8 Å². The van der Waals surface area contributed by atoms with Crippen LogP contribution in [-0.4, -0.2) is 17.1 Å². The van der Waals surface area contributed by atoms with Crippen LogP contribution in [0.4, 0.5) is 11.8 Å². The molecule has 0 unspecified atom stereocenters. The van der Waals surface area contributed by atoms with Gasteiger partial charge in [-0.05, 0) is 31.5 Å². The van der Waals surface area contributed by atoms with Crippen molar-refractivity contribution in [3.05, 3.63) is 41.1 Å². The molecule has 1 aromatic carbocycles. The van der Waals surface area contributed by atoms with E-state index in [4.69, 9.17) is 10.5 Å². The molecule has 1 heterocycles. The number of hydrogen-bond acceptors (Lipinski definition) is 5. The summed E-state index contributed by atoms with van der Waals surface area (Å²) in [7, 11) is 1.65. The summed E-state index contributed by atoms with van der Waals surface area (Å²) < 4.78 is 5.11. The molecule has 1 aromatic heterocycles. The Morgan fingerprint density at radius 3 is 2.42 bits per heavy atom. The van der Waals surface area contributed by atoms with E-state index in [9.17, 15) is 0 Å². The first-order valence-electron chi connectivity index (χ1n) is 6.07. The predicted octanol–water partition coefficient (Wildman–Crippen LogP) is 2.30. The van der Waals surface area contributed by atoms with Gasteiger partial charge in [-0.1, -0.05) is 12.1 Å². The number of benzene rings is 1. The Kier molecular flexibility index (Phi) is 3.85. The summed E-state index contributed by atoms with van der Waals surface area (Å²) in [6, 6.07) is 7.84. The zero-order valence-electron chi connectivity index (χ0n) is 11.4. The van der Waals surface area contributed by atoms with Gasteiger partial charge in [0.2, 0.25) is 5.95 Å². The maximum atomic E-state index is 5.82. The topological polar surface area (TPSA) is 73.1 Å². The predicted molar refractivity (Wildman–Crippen MR) is 76.2 cm³/mol. The van der Waals surface area contributed by atoms with E-state index in [2.05, 4.69) is 15.3 Å². The summed E-state index contributed by atoms with van der Waals surface area (Å²) in [5.74, 6) is 1.91. The van der Waals surface area contributed by atoms with Gasteiger partial charge < -0.3 is 15.8 Å². The quantitative estimate of drug-likeness (QED) is 0.880. The number of methoxy groups -OCH3 is 1.